The van der Waals surface area contributed by atoms with Crippen LogP contribution in [-0.2, 0) is 9.53 Å². The summed E-state index contributed by atoms with van der Waals surface area (Å²) >= 11 is 0. The van der Waals surface area contributed by atoms with Gasteiger partial charge in [-0.2, -0.15) is 0 Å². The predicted molar refractivity (Wildman–Crippen MR) is 229 cm³/mol. The number of ether oxygens (including phenoxy) is 1. The lowest BCUT2D eigenvalue weighted by Gasteiger charge is -2.39. The number of aromatic nitrogens is 4. The van der Waals surface area contributed by atoms with Crippen LogP contribution in [0.15, 0.2) is 73.1 Å². The zero-order chi connectivity index (χ0) is 41.5. The van der Waals surface area contributed by atoms with E-state index in [2.05, 4.69) is 43.0 Å². The van der Waals surface area contributed by atoms with Crippen molar-refractivity contribution in [2.24, 2.45) is 5.92 Å². The topological polar surface area (TPSA) is 175 Å². The molecule has 4 fully saturated rings. The van der Waals surface area contributed by atoms with Crippen LogP contribution < -0.4 is 20.9 Å². The van der Waals surface area contributed by atoms with E-state index in [0.29, 0.717) is 59.9 Å². The highest BCUT2D eigenvalue weighted by Crippen LogP contribution is 2.36. The molecule has 15 heteroatoms. The molecule has 4 N–H and O–H groups in total. The summed E-state index contributed by atoms with van der Waals surface area (Å²) in [4.78, 5) is 50.9. The number of nitrogen functional groups attached to an aromatic ring is 1. The van der Waals surface area contributed by atoms with Crippen LogP contribution in [0.2, 0.25) is 0 Å². The number of carbonyl (C=O) groups is 3. The summed E-state index contributed by atoms with van der Waals surface area (Å²) in [5.74, 6) is 0.817. The van der Waals surface area contributed by atoms with Crippen LogP contribution >= 0.6 is 0 Å². The molecule has 312 valence electrons. The lowest BCUT2D eigenvalue weighted by Crippen LogP contribution is -2.49. The van der Waals surface area contributed by atoms with Gasteiger partial charge >= 0.3 is 6.03 Å². The number of benzene rings is 2. The molecule has 15 nitrogen and oxygen atoms in total. The molecule has 3 aromatic heterocycles. The molecule has 4 amide bonds. The number of pyridine rings is 1. The first-order valence-electron chi connectivity index (χ1n) is 21.1. The first-order valence-corrected chi connectivity index (χ1v) is 21.1. The molecular weight excluding hydrogens is 761 g/mol. The van der Waals surface area contributed by atoms with Crippen LogP contribution in [0.5, 0.6) is 5.75 Å². The quantitative estimate of drug-likeness (QED) is 0.176. The second-order valence-corrected chi connectivity index (χ2v) is 16.8. The van der Waals surface area contributed by atoms with Crippen molar-refractivity contribution in [3.05, 3.63) is 89.7 Å². The van der Waals surface area contributed by atoms with Gasteiger partial charge in [-0.25, -0.2) is 9.78 Å². The Balaban J connectivity index is 0.762. The maximum absolute atomic E-state index is 13.7. The largest absolute Gasteiger partial charge is 0.507 e. The summed E-state index contributed by atoms with van der Waals surface area (Å²) in [5, 5.41) is 22.3. The van der Waals surface area contributed by atoms with Crippen LogP contribution in [0, 0.1) is 12.8 Å². The number of phenols is 1. The second-order valence-electron chi connectivity index (χ2n) is 16.8. The number of piperidine rings is 2. The van der Waals surface area contributed by atoms with Crippen molar-refractivity contribution in [1.29, 1.82) is 0 Å². The van der Waals surface area contributed by atoms with Crippen molar-refractivity contribution in [1.82, 2.24) is 34.9 Å². The molecule has 0 bridgehead atoms. The van der Waals surface area contributed by atoms with Gasteiger partial charge in [-0.3, -0.25) is 19.8 Å². The fourth-order valence-electron chi connectivity index (χ4n) is 9.40. The molecule has 4 aliphatic heterocycles. The second kappa shape index (κ2) is 16.5. The average Bonchev–Trinajstić information content (AvgIpc) is 3.59. The number of nitrogens with two attached hydrogens (primary N) is 1. The number of nitrogens with one attached hydrogen (secondary N) is 1. The van der Waals surface area contributed by atoms with Crippen LogP contribution in [0.25, 0.3) is 22.3 Å². The number of likely N-dealkylation sites (tertiary alicyclic amines) is 2. The molecule has 0 aliphatic carbocycles. The zero-order valence-corrected chi connectivity index (χ0v) is 34.2. The SMILES string of the molecule is Cc1cn(C2CCN(CC3CCN(C(=O)c4ccc([C@@H]5CN(c6cc(-c7ccccc7O)nnc6N)C[C@H](C)O5)cc4)CC3)CC2)c2ncc(N3CCC(=O)NC3=O)cc12. The maximum atomic E-state index is 13.7. The average molecular weight is 813 g/mol. The normalized spacial score (nSPS) is 21.1. The highest BCUT2D eigenvalue weighted by atomic mass is 16.5. The van der Waals surface area contributed by atoms with Gasteiger partial charge in [0.15, 0.2) is 5.82 Å². The van der Waals surface area contributed by atoms with E-state index in [4.69, 9.17) is 15.5 Å². The molecule has 0 radical (unpaired) electrons. The Bertz CT molecular complexity index is 2400. The summed E-state index contributed by atoms with van der Waals surface area (Å²) in [7, 11) is 0. The highest BCUT2D eigenvalue weighted by Gasteiger charge is 2.31. The van der Waals surface area contributed by atoms with Gasteiger partial charge in [0.2, 0.25) is 5.91 Å². The van der Waals surface area contributed by atoms with Crippen LogP contribution in [-0.4, -0.2) is 111 Å². The monoisotopic (exact) mass is 812 g/mol. The van der Waals surface area contributed by atoms with E-state index < -0.39 is 6.03 Å². The van der Waals surface area contributed by atoms with Gasteiger partial charge in [-0.05, 0) is 93.0 Å². The van der Waals surface area contributed by atoms with Crippen LogP contribution in [0.4, 0.5) is 22.0 Å². The number of carbonyl (C=O) groups excluding carboxylic acids is 3. The van der Waals surface area contributed by atoms with Crippen molar-refractivity contribution in [3.63, 3.8) is 0 Å². The van der Waals surface area contributed by atoms with Crippen molar-refractivity contribution < 1.29 is 24.2 Å². The lowest BCUT2D eigenvalue weighted by atomic mass is 9.94. The van der Waals surface area contributed by atoms with Gasteiger partial charge in [0.05, 0.1) is 29.4 Å². The summed E-state index contributed by atoms with van der Waals surface area (Å²) in [6.45, 7) is 10.2. The number of imide groups is 1. The number of aromatic hydroxyl groups is 1. The van der Waals surface area contributed by atoms with Gasteiger partial charge in [0.1, 0.15) is 17.5 Å². The third kappa shape index (κ3) is 7.98. The van der Waals surface area contributed by atoms with Gasteiger partial charge in [0.25, 0.3) is 5.91 Å². The predicted octanol–water partition coefficient (Wildman–Crippen LogP) is 5.69. The Morgan fingerprint density at radius 1 is 0.950 bits per heavy atom. The van der Waals surface area contributed by atoms with Crippen molar-refractivity contribution in [3.8, 4) is 17.0 Å². The van der Waals surface area contributed by atoms with Crippen LogP contribution in [0.3, 0.4) is 0 Å². The number of amides is 4. The first-order chi connectivity index (χ1) is 29.1. The smallest absolute Gasteiger partial charge is 0.328 e. The minimum atomic E-state index is -0.399. The van der Waals surface area contributed by atoms with Crippen LogP contribution in [0.1, 0.15) is 72.7 Å². The number of anilines is 3. The van der Waals surface area contributed by atoms with E-state index in [-0.39, 0.29) is 36.2 Å². The molecule has 0 unspecified atom stereocenters. The molecule has 4 saturated heterocycles. The number of urea groups is 1. The third-order valence-corrected chi connectivity index (χ3v) is 12.7. The van der Waals surface area contributed by atoms with Gasteiger partial charge in [-0.15, -0.1) is 10.2 Å². The number of rotatable bonds is 8. The molecule has 0 saturated carbocycles. The molecule has 2 aromatic carbocycles. The van der Waals surface area contributed by atoms with Crippen molar-refractivity contribution in [2.75, 3.05) is 67.9 Å². The van der Waals surface area contributed by atoms with Crippen molar-refractivity contribution in [2.45, 2.75) is 64.2 Å². The molecule has 7 heterocycles. The summed E-state index contributed by atoms with van der Waals surface area (Å²) in [6.07, 6.45) is 7.95. The molecule has 60 heavy (non-hydrogen) atoms. The number of morpholine rings is 1. The Hall–Kier alpha value is -6.06. The summed E-state index contributed by atoms with van der Waals surface area (Å²) in [6, 6.07) is 18.7. The van der Waals surface area contributed by atoms with E-state index in [9.17, 15) is 19.5 Å². The van der Waals surface area contributed by atoms with Gasteiger partial charge in [0, 0.05) is 87.5 Å². The fraction of sp³-hybridized carbons (Fsp3) is 0.422. The third-order valence-electron chi connectivity index (χ3n) is 12.7. The Labute approximate surface area is 349 Å². The Morgan fingerprint density at radius 3 is 2.47 bits per heavy atom. The molecule has 4 aliphatic rings. The van der Waals surface area contributed by atoms with Crippen molar-refractivity contribution >= 4 is 46.1 Å². The highest BCUT2D eigenvalue weighted by molar-refractivity contribution is 6.06. The minimum absolute atomic E-state index is 0.0666. The Kier molecular flexibility index (Phi) is 10.9. The molecule has 0 spiro atoms. The summed E-state index contributed by atoms with van der Waals surface area (Å²) < 4.78 is 8.69. The number of nitrogens with zero attached hydrogens (tertiary/aromatic N) is 8. The maximum Gasteiger partial charge on any atom is 0.328 e. The van der Waals surface area contributed by atoms with E-state index >= 15 is 0 Å². The Morgan fingerprint density at radius 2 is 1.72 bits per heavy atom. The molecular formula is C45H52N10O5. The standard InChI is InChI=1S/C45H52N10O5/c1-28-24-55(43-36(28)21-34(23-47-43)54-20-15-41(57)48-45(54)59)33-13-16-51(17-14-33)26-30-11-18-52(19-12-30)44(58)32-9-7-31(8-10-32)40-27-53(25-29(2)60-40)38-22-37(49-50-42(38)46)35-5-3-4-6-39(35)56/h3-10,21-24,29-30,33,40,56H,11-20,25-27H2,1-2H3,(H2,46,50)(H,48,57,59)/t29-,40-/m0/s1. The zero-order valence-electron chi connectivity index (χ0n) is 34.2. The molecule has 5 aromatic rings. The summed E-state index contributed by atoms with van der Waals surface area (Å²) in [5.41, 5.74) is 12.6. The molecule has 2 atom stereocenters. The van der Waals surface area contributed by atoms with E-state index in [1.807, 2.05) is 54.3 Å². The van der Waals surface area contributed by atoms with E-state index in [1.165, 1.54) is 0 Å². The fourth-order valence-corrected chi connectivity index (χ4v) is 9.40. The lowest BCUT2D eigenvalue weighted by molar-refractivity contribution is -0.120. The number of hydrogen-bond donors (Lipinski definition) is 3. The molecule has 9 rings (SSSR count). The number of aryl methyl sites for hydroxylation is 1. The first kappa shape index (κ1) is 39.4. The number of para-hydroxylation sites is 1. The number of phenolic OH excluding ortho intramolecular Hbond substituents is 1. The van der Waals surface area contributed by atoms with Gasteiger partial charge in [-0.1, -0.05) is 24.3 Å². The van der Waals surface area contributed by atoms with E-state index in [1.54, 1.807) is 29.3 Å². The van der Waals surface area contributed by atoms with E-state index in [0.717, 1.165) is 86.3 Å². The number of hydrogen-bond acceptors (Lipinski definition) is 11. The minimum Gasteiger partial charge on any atom is -0.507 e. The number of fused-ring (bicyclic) bond motifs is 1. The van der Waals surface area contributed by atoms with Gasteiger partial charge < -0.3 is 34.8 Å².